The summed E-state index contributed by atoms with van der Waals surface area (Å²) in [7, 11) is 0. The van der Waals surface area contributed by atoms with Gasteiger partial charge in [-0.15, -0.1) is 0 Å². The Hall–Kier alpha value is -3.06. The van der Waals surface area contributed by atoms with E-state index in [1.807, 2.05) is 23.6 Å². The van der Waals surface area contributed by atoms with Crippen molar-refractivity contribution in [3.8, 4) is 22.6 Å². The van der Waals surface area contributed by atoms with Crippen molar-refractivity contribution in [2.45, 2.75) is 19.9 Å². The van der Waals surface area contributed by atoms with Crippen LogP contribution in [0.15, 0.2) is 48.9 Å². The lowest BCUT2D eigenvalue weighted by Crippen LogP contribution is -2.04. The Morgan fingerprint density at radius 1 is 1.08 bits per heavy atom. The van der Waals surface area contributed by atoms with E-state index in [1.165, 1.54) is 12.1 Å². The van der Waals surface area contributed by atoms with E-state index in [9.17, 15) is 9.50 Å². The van der Waals surface area contributed by atoms with Gasteiger partial charge in [0.05, 0.1) is 29.6 Å². The number of aliphatic hydroxyl groups excluding tert-OH is 1. The summed E-state index contributed by atoms with van der Waals surface area (Å²) in [6.45, 7) is 2.65. The van der Waals surface area contributed by atoms with Crippen LogP contribution in [-0.2, 0) is 6.54 Å². The van der Waals surface area contributed by atoms with E-state index < -0.39 is 0 Å². The molecule has 0 saturated heterocycles. The standard InChI is InChI=1S/C19H18FN5O/c1-13-11-21-17-8-7-16(23-25(13)17)19-18(14-3-5-15(20)6-4-14)22-12-24(19)9-2-10-26/h3-8,11-12,26H,2,9-10H2,1H3. The van der Waals surface area contributed by atoms with Gasteiger partial charge in [-0.05, 0) is 49.7 Å². The fraction of sp³-hybridized carbons (Fsp3) is 0.211. The van der Waals surface area contributed by atoms with Crippen molar-refractivity contribution in [3.63, 3.8) is 0 Å². The number of fused-ring (bicyclic) bond motifs is 1. The van der Waals surface area contributed by atoms with Crippen LogP contribution >= 0.6 is 0 Å². The number of benzene rings is 1. The van der Waals surface area contributed by atoms with Crippen molar-refractivity contribution in [1.82, 2.24) is 24.1 Å². The largest absolute Gasteiger partial charge is 0.396 e. The van der Waals surface area contributed by atoms with Gasteiger partial charge in [0.25, 0.3) is 0 Å². The predicted molar refractivity (Wildman–Crippen MR) is 96.0 cm³/mol. The zero-order valence-electron chi connectivity index (χ0n) is 14.3. The van der Waals surface area contributed by atoms with Gasteiger partial charge in [-0.2, -0.15) is 5.10 Å². The van der Waals surface area contributed by atoms with Crippen molar-refractivity contribution < 1.29 is 9.50 Å². The van der Waals surface area contributed by atoms with Crippen LogP contribution in [0.1, 0.15) is 12.1 Å². The lowest BCUT2D eigenvalue weighted by atomic mass is 10.1. The van der Waals surface area contributed by atoms with Gasteiger partial charge in [-0.25, -0.2) is 18.9 Å². The molecule has 1 N–H and O–H groups in total. The van der Waals surface area contributed by atoms with Crippen LogP contribution in [0.25, 0.3) is 28.3 Å². The van der Waals surface area contributed by atoms with Crippen molar-refractivity contribution in [3.05, 3.63) is 60.4 Å². The SMILES string of the molecule is Cc1cnc2ccc(-c3c(-c4ccc(F)cc4)ncn3CCCO)nn12. The molecule has 0 saturated carbocycles. The van der Waals surface area contributed by atoms with Gasteiger partial charge in [-0.3, -0.25) is 0 Å². The third-order valence-electron chi connectivity index (χ3n) is 4.29. The molecule has 1 aromatic carbocycles. The molecule has 26 heavy (non-hydrogen) atoms. The average Bonchev–Trinajstić information content (AvgIpc) is 3.24. The number of nitrogens with zero attached hydrogens (tertiary/aromatic N) is 5. The Bertz CT molecular complexity index is 1050. The maximum atomic E-state index is 13.3. The van der Waals surface area contributed by atoms with Gasteiger partial charge in [0, 0.05) is 18.7 Å². The summed E-state index contributed by atoms with van der Waals surface area (Å²) in [5.74, 6) is -0.288. The first-order valence-electron chi connectivity index (χ1n) is 8.41. The molecule has 0 aliphatic heterocycles. The highest BCUT2D eigenvalue weighted by molar-refractivity contribution is 5.77. The number of aromatic nitrogens is 5. The van der Waals surface area contributed by atoms with Gasteiger partial charge >= 0.3 is 0 Å². The third kappa shape index (κ3) is 2.86. The summed E-state index contributed by atoms with van der Waals surface area (Å²) in [6, 6.07) is 10.1. The monoisotopic (exact) mass is 351 g/mol. The van der Waals surface area contributed by atoms with Crippen LogP contribution in [-0.4, -0.2) is 35.9 Å². The molecule has 0 amide bonds. The molecule has 0 radical (unpaired) electrons. The van der Waals surface area contributed by atoms with Gasteiger partial charge in [-0.1, -0.05) is 0 Å². The minimum atomic E-state index is -0.288. The summed E-state index contributed by atoms with van der Waals surface area (Å²) in [4.78, 5) is 8.84. The molecule has 0 bridgehead atoms. The highest BCUT2D eigenvalue weighted by Crippen LogP contribution is 2.30. The maximum Gasteiger partial charge on any atom is 0.153 e. The number of hydrogen-bond donors (Lipinski definition) is 1. The van der Waals surface area contributed by atoms with Gasteiger partial charge in [0.1, 0.15) is 11.5 Å². The minimum absolute atomic E-state index is 0.0938. The Balaban J connectivity index is 1.89. The molecule has 3 heterocycles. The second-order valence-corrected chi connectivity index (χ2v) is 6.11. The van der Waals surface area contributed by atoms with Crippen LogP contribution in [0.2, 0.25) is 0 Å². The average molecular weight is 351 g/mol. The van der Waals surface area contributed by atoms with Crippen LogP contribution in [0.5, 0.6) is 0 Å². The molecule has 4 rings (SSSR count). The molecule has 4 aromatic rings. The van der Waals surface area contributed by atoms with Gasteiger partial charge in [0.2, 0.25) is 0 Å². The van der Waals surface area contributed by atoms with Crippen LogP contribution < -0.4 is 0 Å². The number of hydrogen-bond acceptors (Lipinski definition) is 4. The van der Waals surface area contributed by atoms with Crippen molar-refractivity contribution in [2.75, 3.05) is 6.61 Å². The smallest absolute Gasteiger partial charge is 0.153 e. The number of halogens is 1. The Labute approximate surface area is 149 Å². The van der Waals surface area contributed by atoms with E-state index >= 15 is 0 Å². The number of imidazole rings is 2. The van der Waals surface area contributed by atoms with Crippen molar-refractivity contribution in [1.29, 1.82) is 0 Å². The van der Waals surface area contributed by atoms with E-state index in [0.29, 0.717) is 13.0 Å². The lowest BCUT2D eigenvalue weighted by molar-refractivity contribution is 0.280. The van der Waals surface area contributed by atoms with E-state index in [1.54, 1.807) is 29.2 Å². The van der Waals surface area contributed by atoms with Crippen molar-refractivity contribution in [2.24, 2.45) is 0 Å². The summed E-state index contributed by atoms with van der Waals surface area (Å²) >= 11 is 0. The van der Waals surface area contributed by atoms with Crippen LogP contribution in [0, 0.1) is 12.7 Å². The summed E-state index contributed by atoms with van der Waals surface area (Å²) < 4.78 is 17.1. The normalized spacial score (nSPS) is 11.3. The van der Waals surface area contributed by atoms with E-state index in [2.05, 4.69) is 9.97 Å². The molecular weight excluding hydrogens is 333 g/mol. The highest BCUT2D eigenvalue weighted by Gasteiger charge is 2.17. The lowest BCUT2D eigenvalue weighted by Gasteiger charge is -2.10. The van der Waals surface area contributed by atoms with Crippen molar-refractivity contribution >= 4 is 5.65 Å². The molecule has 3 aromatic heterocycles. The molecule has 132 valence electrons. The van der Waals surface area contributed by atoms with Gasteiger partial charge < -0.3 is 9.67 Å². The van der Waals surface area contributed by atoms with E-state index in [0.717, 1.165) is 34.0 Å². The topological polar surface area (TPSA) is 68.2 Å². The van der Waals surface area contributed by atoms with E-state index in [4.69, 9.17) is 5.10 Å². The molecule has 0 atom stereocenters. The minimum Gasteiger partial charge on any atom is -0.396 e. The summed E-state index contributed by atoms with van der Waals surface area (Å²) in [6.07, 6.45) is 4.12. The number of aliphatic hydroxyl groups is 1. The van der Waals surface area contributed by atoms with E-state index in [-0.39, 0.29) is 12.4 Å². The molecule has 0 spiro atoms. The first kappa shape index (κ1) is 16.4. The maximum absolute atomic E-state index is 13.3. The fourth-order valence-electron chi connectivity index (χ4n) is 2.99. The second-order valence-electron chi connectivity index (χ2n) is 6.11. The molecule has 0 aliphatic carbocycles. The Morgan fingerprint density at radius 2 is 1.88 bits per heavy atom. The molecule has 0 aliphatic rings. The fourth-order valence-corrected chi connectivity index (χ4v) is 2.99. The Kier molecular flexibility index (Phi) is 4.22. The molecule has 0 unspecified atom stereocenters. The predicted octanol–water partition coefficient (Wildman–Crippen LogP) is 3.09. The Morgan fingerprint density at radius 3 is 2.65 bits per heavy atom. The van der Waals surface area contributed by atoms with Crippen LogP contribution in [0.3, 0.4) is 0 Å². The van der Waals surface area contributed by atoms with Crippen LogP contribution in [0.4, 0.5) is 4.39 Å². The first-order valence-corrected chi connectivity index (χ1v) is 8.41. The zero-order valence-corrected chi connectivity index (χ0v) is 14.3. The third-order valence-corrected chi connectivity index (χ3v) is 4.29. The molecule has 0 fully saturated rings. The zero-order chi connectivity index (χ0) is 18.1. The first-order chi connectivity index (χ1) is 12.7. The quantitative estimate of drug-likeness (QED) is 0.600. The summed E-state index contributed by atoms with van der Waals surface area (Å²) in [5.41, 5.74) is 4.83. The highest BCUT2D eigenvalue weighted by atomic mass is 19.1. The number of aryl methyl sites for hydroxylation is 2. The second kappa shape index (κ2) is 6.68. The number of rotatable bonds is 5. The van der Waals surface area contributed by atoms with Gasteiger partial charge in [0.15, 0.2) is 5.65 Å². The summed E-state index contributed by atoms with van der Waals surface area (Å²) in [5, 5.41) is 13.9. The molecular formula is C19H18FN5O. The molecule has 6 nitrogen and oxygen atoms in total. The molecule has 7 heteroatoms.